The predicted molar refractivity (Wildman–Crippen MR) is 85.7 cm³/mol. The van der Waals surface area contributed by atoms with Gasteiger partial charge in [0.1, 0.15) is 11.3 Å². The second kappa shape index (κ2) is 5.70. The van der Waals surface area contributed by atoms with Crippen LogP contribution in [0.4, 0.5) is 13.9 Å². The number of aromatic nitrogens is 1. The van der Waals surface area contributed by atoms with Gasteiger partial charge in [-0.05, 0) is 25.3 Å². The van der Waals surface area contributed by atoms with Gasteiger partial charge in [-0.25, -0.2) is 13.8 Å². The van der Waals surface area contributed by atoms with Gasteiger partial charge in [-0.3, -0.25) is 4.79 Å². The lowest BCUT2D eigenvalue weighted by Gasteiger charge is -2.20. The molecule has 2 fully saturated rings. The molecule has 7 heteroatoms. The standard InChI is InChI=1S/C16H17F2N3OS/c17-11-7-12(18)14-13(8-11)23-16(19-14)21-6-3-10(9-21)15(22)20-4-1-2-5-20/h7-8,10H,1-6,9H2. The summed E-state index contributed by atoms with van der Waals surface area (Å²) < 4.78 is 27.6. The van der Waals surface area contributed by atoms with Gasteiger partial charge in [0.25, 0.3) is 0 Å². The first-order valence-electron chi connectivity index (χ1n) is 7.91. The third-order valence-corrected chi connectivity index (χ3v) is 5.69. The summed E-state index contributed by atoms with van der Waals surface area (Å²) in [5.74, 6) is -1.01. The van der Waals surface area contributed by atoms with Gasteiger partial charge in [-0.1, -0.05) is 11.3 Å². The Balaban J connectivity index is 1.53. The molecule has 2 aromatic rings. The molecular weight excluding hydrogens is 320 g/mol. The van der Waals surface area contributed by atoms with Crippen molar-refractivity contribution in [1.82, 2.24) is 9.88 Å². The van der Waals surface area contributed by atoms with Gasteiger partial charge in [0.05, 0.1) is 10.6 Å². The molecule has 0 N–H and O–H groups in total. The Bertz CT molecular complexity index is 757. The Kier molecular flexibility index (Phi) is 3.67. The summed E-state index contributed by atoms with van der Waals surface area (Å²) in [5.41, 5.74) is 0.209. The fraction of sp³-hybridized carbons (Fsp3) is 0.500. The molecule has 0 spiro atoms. The largest absolute Gasteiger partial charge is 0.347 e. The number of nitrogens with zero attached hydrogens (tertiary/aromatic N) is 3. The van der Waals surface area contributed by atoms with Crippen LogP contribution in [0.25, 0.3) is 10.2 Å². The Morgan fingerprint density at radius 2 is 2.00 bits per heavy atom. The average Bonchev–Trinajstić information content (AvgIpc) is 3.25. The highest BCUT2D eigenvalue weighted by Gasteiger charge is 2.33. The smallest absolute Gasteiger partial charge is 0.227 e. The maximum atomic E-state index is 13.8. The van der Waals surface area contributed by atoms with Crippen LogP contribution >= 0.6 is 11.3 Å². The number of rotatable bonds is 2. The van der Waals surface area contributed by atoms with Gasteiger partial charge in [-0.15, -0.1) is 0 Å². The van der Waals surface area contributed by atoms with E-state index in [0.29, 0.717) is 16.4 Å². The van der Waals surface area contributed by atoms with Crippen LogP contribution in [0.15, 0.2) is 12.1 Å². The van der Waals surface area contributed by atoms with Crippen molar-refractivity contribution >= 4 is 32.6 Å². The number of anilines is 1. The van der Waals surface area contributed by atoms with Crippen LogP contribution in [0.3, 0.4) is 0 Å². The summed E-state index contributed by atoms with van der Waals surface area (Å²) in [7, 11) is 0. The maximum absolute atomic E-state index is 13.8. The quantitative estimate of drug-likeness (QED) is 0.845. The second-order valence-electron chi connectivity index (χ2n) is 6.19. The van der Waals surface area contributed by atoms with Crippen molar-refractivity contribution in [2.75, 3.05) is 31.1 Å². The van der Waals surface area contributed by atoms with Crippen molar-refractivity contribution < 1.29 is 13.6 Å². The van der Waals surface area contributed by atoms with Crippen molar-refractivity contribution in [3.8, 4) is 0 Å². The molecule has 2 aliphatic rings. The summed E-state index contributed by atoms with van der Waals surface area (Å²) in [6, 6.07) is 2.16. The lowest BCUT2D eigenvalue weighted by molar-refractivity contribution is -0.133. The SMILES string of the molecule is O=C(C1CCN(c2nc3c(F)cc(F)cc3s2)C1)N1CCCC1. The molecular formula is C16H17F2N3OS. The maximum Gasteiger partial charge on any atom is 0.227 e. The van der Waals surface area contributed by atoms with E-state index in [2.05, 4.69) is 4.98 Å². The minimum Gasteiger partial charge on any atom is -0.347 e. The normalized spacial score (nSPS) is 21.6. The molecule has 1 amide bonds. The average molecular weight is 337 g/mol. The van der Waals surface area contributed by atoms with E-state index in [-0.39, 0.29) is 17.3 Å². The van der Waals surface area contributed by atoms with Crippen LogP contribution < -0.4 is 4.90 Å². The molecule has 0 saturated carbocycles. The van der Waals surface area contributed by atoms with Crippen LogP contribution in [0, 0.1) is 17.6 Å². The molecule has 4 rings (SSSR count). The number of halogens is 2. The van der Waals surface area contributed by atoms with Crippen molar-refractivity contribution in [2.45, 2.75) is 19.3 Å². The predicted octanol–water partition coefficient (Wildman–Crippen LogP) is 3.02. The minimum atomic E-state index is -0.633. The highest BCUT2D eigenvalue weighted by molar-refractivity contribution is 7.22. The van der Waals surface area contributed by atoms with Crippen molar-refractivity contribution in [3.63, 3.8) is 0 Å². The molecule has 1 unspecified atom stereocenters. The van der Waals surface area contributed by atoms with Gasteiger partial charge in [0.2, 0.25) is 5.91 Å². The zero-order valence-corrected chi connectivity index (χ0v) is 13.4. The molecule has 4 nitrogen and oxygen atoms in total. The van der Waals surface area contributed by atoms with Gasteiger partial charge in [-0.2, -0.15) is 0 Å². The number of amides is 1. The summed E-state index contributed by atoms with van der Waals surface area (Å²) in [4.78, 5) is 20.7. The van der Waals surface area contributed by atoms with E-state index in [1.165, 1.54) is 17.4 Å². The number of hydrogen-bond acceptors (Lipinski definition) is 4. The first kappa shape index (κ1) is 14.8. The molecule has 23 heavy (non-hydrogen) atoms. The number of likely N-dealkylation sites (tertiary alicyclic amines) is 1. The number of hydrogen-bond donors (Lipinski definition) is 0. The fourth-order valence-corrected chi connectivity index (χ4v) is 4.45. The Morgan fingerprint density at radius 3 is 2.78 bits per heavy atom. The fourth-order valence-electron chi connectivity index (χ4n) is 3.41. The van der Waals surface area contributed by atoms with Crippen molar-refractivity contribution in [2.24, 2.45) is 5.92 Å². The van der Waals surface area contributed by atoms with E-state index in [1.54, 1.807) is 0 Å². The van der Waals surface area contributed by atoms with Crippen LogP contribution in [-0.2, 0) is 4.79 Å². The van der Waals surface area contributed by atoms with E-state index in [9.17, 15) is 13.6 Å². The monoisotopic (exact) mass is 337 g/mol. The highest BCUT2D eigenvalue weighted by atomic mass is 32.1. The van der Waals surface area contributed by atoms with Gasteiger partial charge >= 0.3 is 0 Å². The van der Waals surface area contributed by atoms with Gasteiger partial charge in [0, 0.05) is 32.2 Å². The molecule has 1 aromatic heterocycles. The second-order valence-corrected chi connectivity index (χ2v) is 7.20. The molecule has 1 aromatic carbocycles. The van der Waals surface area contributed by atoms with E-state index in [1.807, 2.05) is 9.80 Å². The summed E-state index contributed by atoms with van der Waals surface area (Å²) >= 11 is 1.28. The van der Waals surface area contributed by atoms with Crippen molar-refractivity contribution in [1.29, 1.82) is 0 Å². The highest BCUT2D eigenvalue weighted by Crippen LogP contribution is 2.34. The van der Waals surface area contributed by atoms with Crippen LogP contribution in [-0.4, -0.2) is 42.0 Å². The molecule has 2 aliphatic heterocycles. The number of fused-ring (bicyclic) bond motifs is 1. The molecule has 2 saturated heterocycles. The summed E-state index contributed by atoms with van der Waals surface area (Å²) in [5, 5.41) is 0.668. The van der Waals surface area contributed by atoms with E-state index in [4.69, 9.17) is 0 Å². The first-order valence-corrected chi connectivity index (χ1v) is 8.73. The number of carbonyl (C=O) groups is 1. The first-order chi connectivity index (χ1) is 11.1. The Morgan fingerprint density at radius 1 is 1.22 bits per heavy atom. The summed E-state index contributed by atoms with van der Waals surface area (Å²) in [6.07, 6.45) is 2.97. The van der Waals surface area contributed by atoms with E-state index < -0.39 is 11.6 Å². The topological polar surface area (TPSA) is 36.4 Å². The lowest BCUT2D eigenvalue weighted by Crippen LogP contribution is -2.35. The third-order valence-electron chi connectivity index (χ3n) is 4.63. The number of carbonyl (C=O) groups excluding carboxylic acids is 1. The van der Waals surface area contributed by atoms with E-state index >= 15 is 0 Å². The number of benzene rings is 1. The van der Waals surface area contributed by atoms with Gasteiger partial charge < -0.3 is 9.80 Å². The molecule has 0 radical (unpaired) electrons. The third kappa shape index (κ3) is 2.67. The van der Waals surface area contributed by atoms with Crippen molar-refractivity contribution in [3.05, 3.63) is 23.8 Å². The zero-order valence-electron chi connectivity index (χ0n) is 12.6. The van der Waals surface area contributed by atoms with E-state index in [0.717, 1.165) is 45.0 Å². The lowest BCUT2D eigenvalue weighted by atomic mass is 10.1. The van der Waals surface area contributed by atoms with Crippen LogP contribution in [0.2, 0.25) is 0 Å². The molecule has 122 valence electrons. The molecule has 0 aliphatic carbocycles. The van der Waals surface area contributed by atoms with Crippen LogP contribution in [0.5, 0.6) is 0 Å². The van der Waals surface area contributed by atoms with Crippen LogP contribution in [0.1, 0.15) is 19.3 Å². The number of thiazole rings is 1. The molecule has 0 bridgehead atoms. The molecule has 3 heterocycles. The Labute approximate surface area is 136 Å². The van der Waals surface area contributed by atoms with Gasteiger partial charge in [0.15, 0.2) is 10.9 Å². The zero-order chi connectivity index (χ0) is 16.0. The Hall–Kier alpha value is -1.76. The minimum absolute atomic E-state index is 0.0123. The summed E-state index contributed by atoms with van der Waals surface area (Å²) in [6.45, 7) is 3.06. The molecule has 1 atom stereocenters.